The maximum Gasteiger partial charge on any atom is 0.222 e. The van der Waals surface area contributed by atoms with Crippen molar-refractivity contribution in [2.24, 2.45) is 0 Å². The third-order valence-electron chi connectivity index (χ3n) is 3.92. The van der Waals surface area contributed by atoms with Crippen LogP contribution in [0, 0.1) is 5.82 Å². The van der Waals surface area contributed by atoms with Crippen molar-refractivity contribution in [2.45, 2.75) is 50.5 Å². The van der Waals surface area contributed by atoms with E-state index in [0.717, 1.165) is 37.7 Å². The lowest BCUT2D eigenvalue weighted by Crippen LogP contribution is -2.38. The molecule has 1 aliphatic carbocycles. The molecule has 0 heterocycles. The Bertz CT molecular complexity index is 438. The number of hydrogen-bond donors (Lipinski definition) is 2. The van der Waals surface area contributed by atoms with E-state index in [9.17, 15) is 14.3 Å². The summed E-state index contributed by atoms with van der Waals surface area (Å²) in [6.07, 6.45) is 5.45. The third-order valence-corrected chi connectivity index (χ3v) is 3.92. The summed E-state index contributed by atoms with van der Waals surface area (Å²) in [4.78, 5) is 11.8. The Kier molecular flexibility index (Phi) is 5.12. The maximum absolute atomic E-state index is 12.7. The van der Waals surface area contributed by atoms with Crippen LogP contribution in [0.1, 0.15) is 44.1 Å². The molecule has 20 heavy (non-hydrogen) atoms. The largest absolute Gasteiger partial charge is 0.389 e. The molecule has 1 saturated carbocycles. The Morgan fingerprint density at radius 1 is 1.20 bits per heavy atom. The Balaban J connectivity index is 1.71. The molecule has 0 saturated heterocycles. The summed E-state index contributed by atoms with van der Waals surface area (Å²) in [5.74, 6) is -0.353. The van der Waals surface area contributed by atoms with Gasteiger partial charge in [-0.3, -0.25) is 4.79 Å². The van der Waals surface area contributed by atoms with Gasteiger partial charge >= 0.3 is 0 Å². The van der Waals surface area contributed by atoms with Crippen LogP contribution in [-0.4, -0.2) is 23.2 Å². The number of aliphatic hydroxyl groups is 1. The summed E-state index contributed by atoms with van der Waals surface area (Å²) in [7, 11) is 0. The predicted molar refractivity (Wildman–Crippen MR) is 75.8 cm³/mol. The zero-order valence-corrected chi connectivity index (χ0v) is 11.7. The number of nitrogens with one attached hydrogen (secondary N) is 1. The third kappa shape index (κ3) is 4.60. The van der Waals surface area contributed by atoms with Crippen LogP contribution in [0.2, 0.25) is 0 Å². The summed E-state index contributed by atoms with van der Waals surface area (Å²) in [6, 6.07) is 6.27. The van der Waals surface area contributed by atoms with Crippen molar-refractivity contribution >= 4 is 5.91 Å². The van der Waals surface area contributed by atoms with Gasteiger partial charge in [0.1, 0.15) is 5.82 Å². The van der Waals surface area contributed by atoms with Gasteiger partial charge < -0.3 is 10.4 Å². The molecule has 1 aliphatic rings. The van der Waals surface area contributed by atoms with E-state index >= 15 is 0 Å². The van der Waals surface area contributed by atoms with Gasteiger partial charge in [-0.1, -0.05) is 31.4 Å². The molecule has 1 aromatic carbocycles. The molecular weight excluding hydrogens is 257 g/mol. The molecule has 0 radical (unpaired) electrons. The van der Waals surface area contributed by atoms with Crippen molar-refractivity contribution < 1.29 is 14.3 Å². The summed E-state index contributed by atoms with van der Waals surface area (Å²) in [5, 5.41) is 13.1. The minimum atomic E-state index is -0.807. The van der Waals surface area contributed by atoms with Crippen LogP contribution in [0.3, 0.4) is 0 Å². The molecule has 2 N–H and O–H groups in total. The number of amides is 1. The van der Waals surface area contributed by atoms with Crippen LogP contribution in [0.5, 0.6) is 0 Å². The second-order valence-electron chi connectivity index (χ2n) is 5.69. The van der Waals surface area contributed by atoms with Gasteiger partial charge in [-0.15, -0.1) is 0 Å². The fourth-order valence-corrected chi connectivity index (χ4v) is 2.75. The average molecular weight is 279 g/mol. The molecule has 0 atom stereocenters. The summed E-state index contributed by atoms with van der Waals surface area (Å²) < 4.78 is 12.7. The van der Waals surface area contributed by atoms with Crippen LogP contribution in [0.4, 0.5) is 4.39 Å². The van der Waals surface area contributed by atoms with E-state index in [0.29, 0.717) is 13.0 Å². The molecule has 3 nitrogen and oxygen atoms in total. The van der Waals surface area contributed by atoms with Gasteiger partial charge in [0.05, 0.1) is 12.0 Å². The lowest BCUT2D eigenvalue weighted by Gasteiger charge is -2.31. The number of rotatable bonds is 5. The molecule has 2 rings (SSSR count). The van der Waals surface area contributed by atoms with Gasteiger partial charge in [0.2, 0.25) is 5.91 Å². The average Bonchev–Trinajstić information content (AvgIpc) is 2.41. The van der Waals surface area contributed by atoms with Gasteiger partial charge in [0.25, 0.3) is 0 Å². The van der Waals surface area contributed by atoms with Crippen LogP contribution >= 0.6 is 0 Å². The maximum atomic E-state index is 12.7. The Labute approximate surface area is 119 Å². The highest BCUT2D eigenvalue weighted by atomic mass is 19.1. The number of hydrogen-bond acceptors (Lipinski definition) is 2. The molecule has 1 fully saturated rings. The quantitative estimate of drug-likeness (QED) is 0.870. The lowest BCUT2D eigenvalue weighted by atomic mass is 9.82. The SMILES string of the molecule is O=C(CC1(O)CCCCC1)NCCc1ccc(F)cc1. The van der Waals surface area contributed by atoms with E-state index < -0.39 is 5.60 Å². The monoisotopic (exact) mass is 279 g/mol. The Morgan fingerprint density at radius 3 is 2.50 bits per heavy atom. The summed E-state index contributed by atoms with van der Waals surface area (Å²) in [6.45, 7) is 0.514. The first-order valence-electron chi connectivity index (χ1n) is 7.31. The summed E-state index contributed by atoms with van der Waals surface area (Å²) in [5.41, 5.74) is 0.182. The van der Waals surface area contributed by atoms with Gasteiger partial charge in [-0.05, 0) is 37.0 Å². The first-order chi connectivity index (χ1) is 9.57. The van der Waals surface area contributed by atoms with Crippen molar-refractivity contribution in [3.8, 4) is 0 Å². The molecule has 0 spiro atoms. The van der Waals surface area contributed by atoms with E-state index in [-0.39, 0.29) is 18.1 Å². The first kappa shape index (κ1) is 15.0. The molecule has 0 aromatic heterocycles. The molecular formula is C16H22FNO2. The predicted octanol–water partition coefficient (Wildman–Crippen LogP) is 2.57. The van der Waals surface area contributed by atoms with Crippen molar-refractivity contribution in [2.75, 3.05) is 6.54 Å². The molecule has 110 valence electrons. The van der Waals surface area contributed by atoms with E-state index in [2.05, 4.69) is 5.32 Å². The first-order valence-corrected chi connectivity index (χ1v) is 7.31. The number of carbonyl (C=O) groups excluding carboxylic acids is 1. The number of carbonyl (C=O) groups is 1. The second-order valence-corrected chi connectivity index (χ2v) is 5.69. The molecule has 1 aromatic rings. The standard InChI is InChI=1S/C16H22FNO2/c17-14-6-4-13(5-7-14)8-11-18-15(19)12-16(20)9-2-1-3-10-16/h4-7,20H,1-3,8-12H2,(H,18,19). The van der Waals surface area contributed by atoms with E-state index in [4.69, 9.17) is 0 Å². The zero-order chi connectivity index (χ0) is 14.4. The second kappa shape index (κ2) is 6.84. The molecule has 4 heteroatoms. The summed E-state index contributed by atoms with van der Waals surface area (Å²) >= 11 is 0. The van der Waals surface area contributed by atoms with Gasteiger partial charge in [-0.2, -0.15) is 0 Å². The Morgan fingerprint density at radius 2 is 1.85 bits per heavy atom. The van der Waals surface area contributed by atoms with Crippen LogP contribution < -0.4 is 5.32 Å². The normalized spacial score (nSPS) is 17.7. The smallest absolute Gasteiger partial charge is 0.222 e. The van der Waals surface area contributed by atoms with Crippen LogP contribution in [-0.2, 0) is 11.2 Å². The fourth-order valence-electron chi connectivity index (χ4n) is 2.75. The highest BCUT2D eigenvalue weighted by Crippen LogP contribution is 2.30. The Hall–Kier alpha value is -1.42. The highest BCUT2D eigenvalue weighted by Gasteiger charge is 2.31. The van der Waals surface area contributed by atoms with Crippen LogP contribution in [0.25, 0.3) is 0 Å². The topological polar surface area (TPSA) is 49.3 Å². The molecule has 1 amide bonds. The van der Waals surface area contributed by atoms with Gasteiger partial charge in [0.15, 0.2) is 0 Å². The minimum Gasteiger partial charge on any atom is -0.389 e. The van der Waals surface area contributed by atoms with E-state index in [1.165, 1.54) is 12.1 Å². The number of halogens is 1. The van der Waals surface area contributed by atoms with E-state index in [1.54, 1.807) is 12.1 Å². The fraction of sp³-hybridized carbons (Fsp3) is 0.562. The van der Waals surface area contributed by atoms with Crippen LogP contribution in [0.15, 0.2) is 24.3 Å². The van der Waals surface area contributed by atoms with Crippen molar-refractivity contribution in [3.63, 3.8) is 0 Å². The number of benzene rings is 1. The zero-order valence-electron chi connectivity index (χ0n) is 11.7. The minimum absolute atomic E-state index is 0.100. The highest BCUT2D eigenvalue weighted by molar-refractivity contribution is 5.77. The van der Waals surface area contributed by atoms with E-state index in [1.807, 2.05) is 0 Å². The molecule has 0 bridgehead atoms. The van der Waals surface area contributed by atoms with Crippen molar-refractivity contribution in [1.29, 1.82) is 0 Å². The van der Waals surface area contributed by atoms with Crippen molar-refractivity contribution in [1.82, 2.24) is 5.32 Å². The van der Waals surface area contributed by atoms with Gasteiger partial charge in [-0.25, -0.2) is 4.39 Å². The lowest BCUT2D eigenvalue weighted by molar-refractivity contribution is -0.127. The molecule has 0 unspecified atom stereocenters. The van der Waals surface area contributed by atoms with Crippen molar-refractivity contribution in [3.05, 3.63) is 35.6 Å². The van der Waals surface area contributed by atoms with Gasteiger partial charge in [0, 0.05) is 6.54 Å². The molecule has 0 aliphatic heterocycles.